The summed E-state index contributed by atoms with van der Waals surface area (Å²) in [5.74, 6) is 0. The second-order valence-corrected chi connectivity index (χ2v) is 7.43. The van der Waals surface area contributed by atoms with E-state index in [9.17, 15) is 5.11 Å². The van der Waals surface area contributed by atoms with Crippen LogP contribution in [-0.4, -0.2) is 15.7 Å². The third-order valence-electron chi connectivity index (χ3n) is 3.89. The summed E-state index contributed by atoms with van der Waals surface area (Å²) in [5, 5.41) is 11.7. The third-order valence-corrected chi connectivity index (χ3v) is 4.93. The first kappa shape index (κ1) is 12.1. The highest BCUT2D eigenvalue weighted by atomic mass is 32.1. The minimum Gasteiger partial charge on any atom is -0.389 e. The average molecular weight is 261 g/mol. The van der Waals surface area contributed by atoms with Crippen LogP contribution in [0.2, 0.25) is 0 Å². The Morgan fingerprint density at radius 1 is 1.28 bits per heavy atom. The largest absolute Gasteiger partial charge is 0.389 e. The third kappa shape index (κ3) is 2.29. The summed E-state index contributed by atoms with van der Waals surface area (Å²) in [6, 6.07) is 8.19. The molecule has 0 spiro atoms. The molecule has 1 heterocycles. The average Bonchev–Trinajstić information content (AvgIpc) is 2.78. The fourth-order valence-electron chi connectivity index (χ4n) is 3.07. The van der Waals surface area contributed by atoms with Gasteiger partial charge >= 0.3 is 0 Å². The van der Waals surface area contributed by atoms with Crippen molar-refractivity contribution in [2.45, 2.75) is 45.1 Å². The Bertz CT molecular complexity index is 542. The number of fused-ring (bicyclic) bond motifs is 1. The Morgan fingerprint density at radius 2 is 2.06 bits per heavy atom. The zero-order valence-electron chi connectivity index (χ0n) is 10.9. The number of para-hydroxylation sites is 1. The molecule has 1 aliphatic carbocycles. The van der Waals surface area contributed by atoms with Crippen molar-refractivity contribution in [2.75, 3.05) is 0 Å². The normalized spacial score (nSPS) is 26.8. The molecule has 1 unspecified atom stereocenters. The lowest BCUT2D eigenvalue weighted by atomic mass is 9.88. The first-order valence-electron chi connectivity index (χ1n) is 6.53. The molecule has 1 atom stereocenters. The van der Waals surface area contributed by atoms with Gasteiger partial charge in [0.25, 0.3) is 0 Å². The zero-order chi connectivity index (χ0) is 12.8. The molecule has 2 aromatic rings. The number of aromatic nitrogens is 1. The van der Waals surface area contributed by atoms with Gasteiger partial charge in [-0.2, -0.15) is 0 Å². The number of hydrogen-bond donors (Lipinski definition) is 1. The molecule has 0 aliphatic heterocycles. The molecular weight excluding hydrogens is 242 g/mol. The highest BCUT2D eigenvalue weighted by molar-refractivity contribution is 7.18. The van der Waals surface area contributed by atoms with Gasteiger partial charge in [-0.3, -0.25) is 0 Å². The van der Waals surface area contributed by atoms with Gasteiger partial charge in [-0.1, -0.05) is 26.0 Å². The minimum atomic E-state index is -0.544. The lowest BCUT2D eigenvalue weighted by molar-refractivity contribution is 0.0379. The molecule has 1 aliphatic rings. The molecule has 1 saturated carbocycles. The second kappa shape index (κ2) is 4.04. The Labute approximate surface area is 112 Å². The van der Waals surface area contributed by atoms with Crippen LogP contribution in [0.25, 0.3) is 10.2 Å². The van der Waals surface area contributed by atoms with Gasteiger partial charge in [-0.25, -0.2) is 4.98 Å². The number of nitrogens with zero attached hydrogens (tertiary/aromatic N) is 1. The van der Waals surface area contributed by atoms with Crippen LogP contribution in [0.4, 0.5) is 0 Å². The van der Waals surface area contributed by atoms with E-state index in [1.54, 1.807) is 11.3 Å². The van der Waals surface area contributed by atoms with E-state index in [0.717, 1.165) is 29.8 Å². The predicted octanol–water partition coefficient (Wildman–Crippen LogP) is 3.78. The maximum Gasteiger partial charge on any atom is 0.0967 e. The number of thiazole rings is 1. The monoisotopic (exact) mass is 261 g/mol. The van der Waals surface area contributed by atoms with E-state index in [-0.39, 0.29) is 5.41 Å². The van der Waals surface area contributed by atoms with Crippen LogP contribution in [0.3, 0.4) is 0 Å². The summed E-state index contributed by atoms with van der Waals surface area (Å²) < 4.78 is 1.22. The molecule has 0 saturated heterocycles. The number of hydrogen-bond acceptors (Lipinski definition) is 3. The van der Waals surface area contributed by atoms with Gasteiger partial charge in [0.15, 0.2) is 0 Å². The molecule has 3 rings (SSSR count). The van der Waals surface area contributed by atoms with Crippen molar-refractivity contribution in [3.05, 3.63) is 29.3 Å². The minimum absolute atomic E-state index is 0.269. The van der Waals surface area contributed by atoms with Gasteiger partial charge < -0.3 is 5.11 Å². The van der Waals surface area contributed by atoms with Crippen molar-refractivity contribution in [3.63, 3.8) is 0 Å². The molecule has 0 bridgehead atoms. The summed E-state index contributed by atoms with van der Waals surface area (Å²) in [5.41, 5.74) is 0.779. The maximum atomic E-state index is 10.7. The Kier molecular flexibility index (Phi) is 2.72. The van der Waals surface area contributed by atoms with Crippen LogP contribution in [0.15, 0.2) is 24.3 Å². The molecule has 2 nitrogen and oxygen atoms in total. The molecule has 1 aromatic carbocycles. The molecule has 0 radical (unpaired) electrons. The van der Waals surface area contributed by atoms with Crippen LogP contribution in [0, 0.1) is 5.41 Å². The van der Waals surface area contributed by atoms with Crippen LogP contribution in [-0.2, 0) is 6.42 Å². The zero-order valence-corrected chi connectivity index (χ0v) is 11.8. The fourth-order valence-corrected chi connectivity index (χ4v) is 4.17. The topological polar surface area (TPSA) is 33.1 Å². The van der Waals surface area contributed by atoms with Crippen LogP contribution in [0.5, 0.6) is 0 Å². The number of aliphatic hydroxyl groups is 1. The van der Waals surface area contributed by atoms with Gasteiger partial charge in [0.2, 0.25) is 0 Å². The highest BCUT2D eigenvalue weighted by Crippen LogP contribution is 2.45. The SMILES string of the molecule is CC1(C)CCC(O)(Cc2nc3ccccc3s2)C1. The second-order valence-electron chi connectivity index (χ2n) is 6.32. The van der Waals surface area contributed by atoms with Crippen molar-refractivity contribution in [3.8, 4) is 0 Å². The molecule has 18 heavy (non-hydrogen) atoms. The smallest absolute Gasteiger partial charge is 0.0967 e. The van der Waals surface area contributed by atoms with Crippen molar-refractivity contribution in [1.29, 1.82) is 0 Å². The first-order chi connectivity index (χ1) is 8.46. The van der Waals surface area contributed by atoms with E-state index in [1.807, 2.05) is 18.2 Å². The lowest BCUT2D eigenvalue weighted by Crippen LogP contribution is -2.28. The maximum absolute atomic E-state index is 10.7. The van der Waals surface area contributed by atoms with Crippen molar-refractivity contribution >= 4 is 21.6 Å². The van der Waals surface area contributed by atoms with Gasteiger partial charge in [0.05, 0.1) is 20.8 Å². The van der Waals surface area contributed by atoms with E-state index >= 15 is 0 Å². The van der Waals surface area contributed by atoms with Crippen LogP contribution < -0.4 is 0 Å². The highest BCUT2D eigenvalue weighted by Gasteiger charge is 2.42. The number of rotatable bonds is 2. The van der Waals surface area contributed by atoms with E-state index in [0.29, 0.717) is 6.42 Å². The first-order valence-corrected chi connectivity index (χ1v) is 7.34. The molecule has 1 fully saturated rings. The summed E-state index contributed by atoms with van der Waals surface area (Å²) in [6.45, 7) is 4.48. The standard InChI is InChI=1S/C15H19NOS/c1-14(2)7-8-15(17,10-14)9-13-16-11-5-3-4-6-12(11)18-13/h3-6,17H,7-10H2,1-2H3. The van der Waals surface area contributed by atoms with Gasteiger partial charge in [-0.05, 0) is 36.8 Å². The summed E-state index contributed by atoms with van der Waals surface area (Å²) >= 11 is 1.71. The quantitative estimate of drug-likeness (QED) is 0.892. The van der Waals surface area contributed by atoms with Gasteiger partial charge in [0, 0.05) is 6.42 Å². The van der Waals surface area contributed by atoms with Crippen molar-refractivity contribution < 1.29 is 5.11 Å². The molecular formula is C15H19NOS. The van der Waals surface area contributed by atoms with Gasteiger partial charge in [0.1, 0.15) is 0 Å². The van der Waals surface area contributed by atoms with Crippen LogP contribution >= 0.6 is 11.3 Å². The van der Waals surface area contributed by atoms with Crippen LogP contribution in [0.1, 0.15) is 38.1 Å². The van der Waals surface area contributed by atoms with Gasteiger partial charge in [-0.15, -0.1) is 11.3 Å². The summed E-state index contributed by atoms with van der Waals surface area (Å²) in [7, 11) is 0. The summed E-state index contributed by atoms with van der Waals surface area (Å²) in [4.78, 5) is 4.63. The van der Waals surface area contributed by atoms with E-state index in [2.05, 4.69) is 24.9 Å². The van der Waals surface area contributed by atoms with E-state index in [1.165, 1.54) is 4.70 Å². The Morgan fingerprint density at radius 3 is 2.72 bits per heavy atom. The molecule has 1 N–H and O–H groups in total. The molecule has 3 heteroatoms. The fraction of sp³-hybridized carbons (Fsp3) is 0.533. The molecule has 96 valence electrons. The number of benzene rings is 1. The summed E-state index contributed by atoms with van der Waals surface area (Å²) in [6.07, 6.45) is 3.59. The molecule has 1 aromatic heterocycles. The Balaban J connectivity index is 1.84. The van der Waals surface area contributed by atoms with E-state index in [4.69, 9.17) is 0 Å². The van der Waals surface area contributed by atoms with Crippen molar-refractivity contribution in [2.24, 2.45) is 5.41 Å². The van der Waals surface area contributed by atoms with E-state index < -0.39 is 5.60 Å². The predicted molar refractivity (Wildman–Crippen MR) is 75.9 cm³/mol. The molecule has 0 amide bonds. The lowest BCUT2D eigenvalue weighted by Gasteiger charge is -2.24. The Hall–Kier alpha value is -0.930. The van der Waals surface area contributed by atoms with Crippen molar-refractivity contribution in [1.82, 2.24) is 4.98 Å².